The smallest absolute Gasteiger partial charge is 0.267 e. The number of thioether (sulfide) groups is 1. The van der Waals surface area contributed by atoms with Crippen molar-refractivity contribution >= 4 is 23.0 Å². The third-order valence-electron chi connectivity index (χ3n) is 5.21. The van der Waals surface area contributed by atoms with Gasteiger partial charge in [-0.2, -0.15) is 4.39 Å². The van der Waals surface area contributed by atoms with Crippen molar-refractivity contribution in [1.29, 1.82) is 0 Å². The average Bonchev–Trinajstić information content (AvgIpc) is 3.54. The van der Waals surface area contributed by atoms with Crippen molar-refractivity contribution in [3.05, 3.63) is 99.2 Å². The molecule has 1 atom stereocenters. The van der Waals surface area contributed by atoms with E-state index in [1.807, 2.05) is 24.4 Å². The zero-order chi connectivity index (χ0) is 21.5. The Morgan fingerprint density at radius 2 is 2.03 bits per heavy atom. The summed E-state index contributed by atoms with van der Waals surface area (Å²) >= 11 is 1.21. The van der Waals surface area contributed by atoms with E-state index in [1.165, 1.54) is 23.9 Å². The van der Waals surface area contributed by atoms with Gasteiger partial charge in [0.1, 0.15) is 5.83 Å². The van der Waals surface area contributed by atoms with E-state index >= 15 is 0 Å². The SMILES string of the molecule is CC1C=CC=CC(c2c(=O)n(C3CC3)n3cc(SC4=C=C(F)C=C(F)C=C4)cnc23)=C1. The Labute approximate surface area is 182 Å². The normalized spacial score (nSPS) is 20.8. The predicted octanol–water partition coefficient (Wildman–Crippen LogP) is 5.83. The number of halogens is 2. The minimum atomic E-state index is -0.771. The summed E-state index contributed by atoms with van der Waals surface area (Å²) in [5.74, 6) is -1.24. The summed E-state index contributed by atoms with van der Waals surface area (Å²) in [6, 6.07) is 0.148. The molecule has 5 rings (SSSR count). The molecule has 2 aromatic heterocycles. The van der Waals surface area contributed by atoms with Gasteiger partial charge in [0.15, 0.2) is 11.5 Å². The van der Waals surface area contributed by atoms with E-state index in [-0.39, 0.29) is 17.5 Å². The number of hydrogen-bond donors (Lipinski definition) is 0. The third kappa shape index (κ3) is 3.94. The fourth-order valence-electron chi connectivity index (χ4n) is 3.68. The van der Waals surface area contributed by atoms with Gasteiger partial charge < -0.3 is 0 Å². The second-order valence-corrected chi connectivity index (χ2v) is 8.86. The largest absolute Gasteiger partial charge is 0.277 e. The zero-order valence-corrected chi connectivity index (χ0v) is 17.6. The minimum Gasteiger partial charge on any atom is -0.267 e. The highest BCUT2D eigenvalue weighted by atomic mass is 32.2. The molecule has 0 saturated heterocycles. The second kappa shape index (κ2) is 7.84. The van der Waals surface area contributed by atoms with Gasteiger partial charge in [-0.3, -0.25) is 4.79 Å². The lowest BCUT2D eigenvalue weighted by Gasteiger charge is -2.06. The van der Waals surface area contributed by atoms with Crippen LogP contribution in [0.15, 0.2) is 93.0 Å². The summed E-state index contributed by atoms with van der Waals surface area (Å²) in [6.07, 6.45) is 18.8. The average molecular weight is 435 g/mol. The molecule has 0 amide bonds. The van der Waals surface area contributed by atoms with Crippen LogP contribution in [0.5, 0.6) is 0 Å². The number of rotatable bonds is 4. The lowest BCUT2D eigenvalue weighted by Crippen LogP contribution is -2.20. The summed E-state index contributed by atoms with van der Waals surface area (Å²) in [5, 5.41) is 0. The Morgan fingerprint density at radius 1 is 1.19 bits per heavy atom. The van der Waals surface area contributed by atoms with E-state index in [4.69, 9.17) is 0 Å². The number of fused-ring (bicyclic) bond motifs is 1. The van der Waals surface area contributed by atoms with Crippen molar-refractivity contribution < 1.29 is 8.78 Å². The van der Waals surface area contributed by atoms with Gasteiger partial charge in [-0.05, 0) is 36.5 Å². The van der Waals surface area contributed by atoms with Gasteiger partial charge >= 0.3 is 0 Å². The maximum absolute atomic E-state index is 13.7. The topological polar surface area (TPSA) is 39.3 Å². The molecular weight excluding hydrogens is 416 g/mol. The second-order valence-electron chi connectivity index (χ2n) is 7.74. The fraction of sp³-hybridized carbons (Fsp3) is 0.208. The highest BCUT2D eigenvalue weighted by Gasteiger charge is 2.30. The van der Waals surface area contributed by atoms with Crippen LogP contribution in [-0.2, 0) is 0 Å². The van der Waals surface area contributed by atoms with Crippen LogP contribution in [0.25, 0.3) is 11.2 Å². The van der Waals surface area contributed by atoms with Crippen LogP contribution in [0.2, 0.25) is 0 Å². The summed E-state index contributed by atoms with van der Waals surface area (Å²) in [7, 11) is 0. The van der Waals surface area contributed by atoms with Gasteiger partial charge in [-0.25, -0.2) is 18.6 Å². The number of nitrogens with zero attached hydrogens (tertiary/aromatic N) is 3. The van der Waals surface area contributed by atoms with Crippen molar-refractivity contribution in [2.24, 2.45) is 5.92 Å². The summed E-state index contributed by atoms with van der Waals surface area (Å²) in [5.41, 5.74) is 4.50. The first-order valence-corrected chi connectivity index (χ1v) is 10.9. The standard InChI is InChI=1S/C24H19F2N3OS/c1-15-4-2-3-5-16(10-15)22-23-27-13-21(14-28(23)29(24(22)30)19-7-8-19)31-20-9-6-17(25)11-18(26)12-20/h2-6,9-11,13-15,19H,7-8H2,1H3. The lowest BCUT2D eigenvalue weighted by molar-refractivity contribution is 0.573. The number of hydrogen-bond acceptors (Lipinski definition) is 3. The molecule has 7 heteroatoms. The summed E-state index contributed by atoms with van der Waals surface area (Å²) in [4.78, 5) is 19.1. The van der Waals surface area contributed by atoms with Crippen molar-refractivity contribution in [2.45, 2.75) is 30.7 Å². The van der Waals surface area contributed by atoms with Crippen molar-refractivity contribution in [1.82, 2.24) is 14.2 Å². The molecule has 2 heterocycles. The highest BCUT2D eigenvalue weighted by molar-refractivity contribution is 8.03. The van der Waals surface area contributed by atoms with Crippen LogP contribution < -0.4 is 5.56 Å². The maximum atomic E-state index is 13.7. The Balaban J connectivity index is 1.62. The van der Waals surface area contributed by atoms with Crippen LogP contribution in [0.4, 0.5) is 8.78 Å². The van der Waals surface area contributed by atoms with Gasteiger partial charge in [0.05, 0.1) is 16.5 Å². The van der Waals surface area contributed by atoms with E-state index in [9.17, 15) is 13.6 Å². The van der Waals surface area contributed by atoms with Crippen molar-refractivity contribution in [3.8, 4) is 0 Å². The van der Waals surface area contributed by atoms with Crippen LogP contribution >= 0.6 is 11.8 Å². The molecule has 4 nitrogen and oxygen atoms in total. The van der Waals surface area contributed by atoms with Gasteiger partial charge in [-0.15, -0.1) is 0 Å². The molecule has 0 radical (unpaired) electrons. The Kier molecular flexibility index (Phi) is 5.00. The molecule has 2 aromatic rings. The van der Waals surface area contributed by atoms with Gasteiger partial charge in [0.25, 0.3) is 5.56 Å². The van der Waals surface area contributed by atoms with E-state index in [1.54, 1.807) is 15.4 Å². The van der Waals surface area contributed by atoms with Crippen LogP contribution in [0.1, 0.15) is 31.4 Å². The molecule has 156 valence electrons. The summed E-state index contributed by atoms with van der Waals surface area (Å²) in [6.45, 7) is 2.07. The van der Waals surface area contributed by atoms with Crippen molar-refractivity contribution in [3.63, 3.8) is 0 Å². The molecule has 0 aromatic carbocycles. The third-order valence-corrected chi connectivity index (χ3v) is 6.12. The monoisotopic (exact) mass is 435 g/mol. The molecule has 1 unspecified atom stereocenters. The molecule has 0 bridgehead atoms. The molecule has 0 spiro atoms. The molecule has 1 saturated carbocycles. The fourth-order valence-corrected chi connectivity index (χ4v) is 4.48. The molecule has 0 N–H and O–H groups in total. The Bertz CT molecular complexity index is 1360. The van der Waals surface area contributed by atoms with Crippen LogP contribution in [-0.4, -0.2) is 14.2 Å². The molecule has 3 aliphatic rings. The molecular formula is C24H19F2N3OS. The quantitative estimate of drug-likeness (QED) is 0.568. The van der Waals surface area contributed by atoms with Gasteiger partial charge in [0, 0.05) is 23.4 Å². The van der Waals surface area contributed by atoms with Crippen molar-refractivity contribution in [2.75, 3.05) is 0 Å². The molecule has 31 heavy (non-hydrogen) atoms. The Hall–Kier alpha value is -3.15. The van der Waals surface area contributed by atoms with Gasteiger partial charge in [0.2, 0.25) is 0 Å². The van der Waals surface area contributed by atoms with E-state index < -0.39 is 11.7 Å². The lowest BCUT2D eigenvalue weighted by atomic mass is 10.0. The predicted molar refractivity (Wildman–Crippen MR) is 119 cm³/mol. The van der Waals surface area contributed by atoms with E-state index in [0.29, 0.717) is 21.0 Å². The highest BCUT2D eigenvalue weighted by Crippen LogP contribution is 2.36. The molecule has 3 aliphatic carbocycles. The zero-order valence-electron chi connectivity index (χ0n) is 16.8. The molecule has 1 fully saturated rings. The number of allylic oxidation sites excluding steroid dienone is 10. The van der Waals surface area contributed by atoms with Crippen LogP contribution in [0, 0.1) is 5.92 Å². The number of aromatic nitrogens is 3. The van der Waals surface area contributed by atoms with E-state index in [0.717, 1.165) is 24.5 Å². The minimum absolute atomic E-state index is 0.0621. The maximum Gasteiger partial charge on any atom is 0.277 e. The molecule has 0 aliphatic heterocycles. The first kappa shape index (κ1) is 19.8. The van der Waals surface area contributed by atoms with Crippen LogP contribution in [0.3, 0.4) is 0 Å². The summed E-state index contributed by atoms with van der Waals surface area (Å²) < 4.78 is 30.7. The first-order chi connectivity index (χ1) is 15.0. The Morgan fingerprint density at radius 3 is 2.84 bits per heavy atom. The van der Waals surface area contributed by atoms with E-state index in [2.05, 4.69) is 29.8 Å². The van der Waals surface area contributed by atoms with Gasteiger partial charge in [-0.1, -0.05) is 54.8 Å². The first-order valence-electron chi connectivity index (χ1n) is 10.1.